The molecule has 3 rings (SSSR count). The molecule has 2 aliphatic rings. The van der Waals surface area contributed by atoms with Crippen LogP contribution < -0.4 is 5.32 Å². The molecule has 0 radical (unpaired) electrons. The van der Waals surface area contributed by atoms with Crippen LogP contribution >= 0.6 is 0 Å². The summed E-state index contributed by atoms with van der Waals surface area (Å²) in [5, 5.41) is 3.63. The molecule has 2 fully saturated rings. The summed E-state index contributed by atoms with van der Waals surface area (Å²) in [5.41, 5.74) is 2.92. The highest BCUT2D eigenvalue weighted by Crippen LogP contribution is 2.21. The Labute approximate surface area is 128 Å². The summed E-state index contributed by atoms with van der Waals surface area (Å²) in [4.78, 5) is 2.52. The van der Waals surface area contributed by atoms with Crippen LogP contribution in [0.25, 0.3) is 0 Å². The first-order valence-electron chi connectivity index (χ1n) is 8.49. The third kappa shape index (κ3) is 4.53. The highest BCUT2D eigenvalue weighted by molar-refractivity contribution is 5.27. The summed E-state index contributed by atoms with van der Waals surface area (Å²) >= 11 is 0. The van der Waals surface area contributed by atoms with Crippen LogP contribution in [0.15, 0.2) is 24.3 Å². The van der Waals surface area contributed by atoms with E-state index in [0.29, 0.717) is 6.10 Å². The summed E-state index contributed by atoms with van der Waals surface area (Å²) in [6, 6.07) is 9.64. The van der Waals surface area contributed by atoms with Crippen molar-refractivity contribution in [2.45, 2.75) is 57.8 Å². The lowest BCUT2D eigenvalue weighted by Gasteiger charge is -2.25. The van der Waals surface area contributed by atoms with Crippen LogP contribution in [-0.4, -0.2) is 36.7 Å². The molecule has 1 aromatic carbocycles. The molecular weight excluding hydrogens is 260 g/mol. The first kappa shape index (κ1) is 15.0. The van der Waals surface area contributed by atoms with Crippen molar-refractivity contribution < 1.29 is 4.74 Å². The number of hydrogen-bond acceptors (Lipinski definition) is 3. The van der Waals surface area contributed by atoms with Crippen molar-refractivity contribution in [1.82, 2.24) is 10.2 Å². The Morgan fingerprint density at radius 2 is 2.00 bits per heavy atom. The standard InChI is InChI=1S/C18H28N2O/c1-2-20(14-18-8-5-11-21-18)13-16-7-4-3-6-15(16)12-19-17-9-10-17/h3-4,6-7,17-19H,2,5,8-14H2,1H3. The van der Waals surface area contributed by atoms with Crippen molar-refractivity contribution in [3.05, 3.63) is 35.4 Å². The Kier molecular flexibility index (Phi) is 5.28. The Morgan fingerprint density at radius 1 is 1.19 bits per heavy atom. The first-order valence-corrected chi connectivity index (χ1v) is 8.49. The molecule has 0 spiro atoms. The van der Waals surface area contributed by atoms with Gasteiger partial charge in [-0.15, -0.1) is 0 Å². The minimum atomic E-state index is 0.446. The van der Waals surface area contributed by atoms with Gasteiger partial charge in [0.05, 0.1) is 6.10 Å². The predicted octanol–water partition coefficient (Wildman–Crippen LogP) is 2.94. The molecule has 1 atom stereocenters. The number of ether oxygens (including phenoxy) is 1. The molecule has 116 valence electrons. The van der Waals surface area contributed by atoms with Gasteiger partial charge in [0.15, 0.2) is 0 Å². The van der Waals surface area contributed by atoms with Gasteiger partial charge in [-0.25, -0.2) is 0 Å². The summed E-state index contributed by atoms with van der Waals surface area (Å²) in [7, 11) is 0. The maximum Gasteiger partial charge on any atom is 0.0702 e. The fourth-order valence-corrected chi connectivity index (χ4v) is 3.05. The fraction of sp³-hybridized carbons (Fsp3) is 0.667. The molecule has 0 amide bonds. The quantitative estimate of drug-likeness (QED) is 0.796. The normalized spacial score (nSPS) is 22.1. The number of hydrogen-bond donors (Lipinski definition) is 1. The molecule has 1 aliphatic heterocycles. The lowest BCUT2D eigenvalue weighted by atomic mass is 10.1. The number of benzene rings is 1. The topological polar surface area (TPSA) is 24.5 Å². The van der Waals surface area contributed by atoms with E-state index in [9.17, 15) is 0 Å². The van der Waals surface area contributed by atoms with Gasteiger partial charge < -0.3 is 10.1 Å². The SMILES string of the molecule is CCN(Cc1ccccc1CNC1CC1)CC1CCCO1. The van der Waals surface area contributed by atoms with Crippen molar-refractivity contribution in [1.29, 1.82) is 0 Å². The van der Waals surface area contributed by atoms with Gasteiger partial charge in [0.1, 0.15) is 0 Å². The Balaban J connectivity index is 1.58. The van der Waals surface area contributed by atoms with E-state index in [-0.39, 0.29) is 0 Å². The van der Waals surface area contributed by atoms with Gasteiger partial charge in [-0.1, -0.05) is 31.2 Å². The second-order valence-electron chi connectivity index (χ2n) is 6.39. The van der Waals surface area contributed by atoms with Crippen LogP contribution in [0.5, 0.6) is 0 Å². The number of nitrogens with one attached hydrogen (secondary N) is 1. The zero-order valence-electron chi connectivity index (χ0n) is 13.2. The number of nitrogens with zero attached hydrogens (tertiary/aromatic N) is 1. The molecular formula is C18H28N2O. The molecule has 1 unspecified atom stereocenters. The maximum absolute atomic E-state index is 5.79. The Bertz CT molecular complexity index is 439. The summed E-state index contributed by atoms with van der Waals surface area (Å²) in [6.07, 6.45) is 5.59. The van der Waals surface area contributed by atoms with Gasteiger partial charge >= 0.3 is 0 Å². The van der Waals surface area contributed by atoms with E-state index in [4.69, 9.17) is 4.74 Å². The van der Waals surface area contributed by atoms with Crippen molar-refractivity contribution in [2.24, 2.45) is 0 Å². The van der Waals surface area contributed by atoms with Gasteiger partial charge in [-0.05, 0) is 43.4 Å². The van der Waals surface area contributed by atoms with Crippen molar-refractivity contribution in [3.8, 4) is 0 Å². The van der Waals surface area contributed by atoms with E-state index < -0.39 is 0 Å². The molecule has 0 aromatic heterocycles. The van der Waals surface area contributed by atoms with E-state index in [2.05, 4.69) is 41.4 Å². The van der Waals surface area contributed by atoms with E-state index >= 15 is 0 Å². The molecule has 1 N–H and O–H groups in total. The summed E-state index contributed by atoms with van der Waals surface area (Å²) in [5.74, 6) is 0. The lowest BCUT2D eigenvalue weighted by Crippen LogP contribution is -2.32. The monoisotopic (exact) mass is 288 g/mol. The van der Waals surface area contributed by atoms with E-state index in [1.807, 2.05) is 0 Å². The Morgan fingerprint density at radius 3 is 2.67 bits per heavy atom. The van der Waals surface area contributed by atoms with Crippen molar-refractivity contribution in [2.75, 3.05) is 19.7 Å². The molecule has 1 saturated carbocycles. The van der Waals surface area contributed by atoms with Gasteiger partial charge in [-0.3, -0.25) is 4.90 Å². The summed E-state index contributed by atoms with van der Waals surface area (Å²) < 4.78 is 5.79. The van der Waals surface area contributed by atoms with Gasteiger partial charge in [0.25, 0.3) is 0 Å². The van der Waals surface area contributed by atoms with E-state index in [1.54, 1.807) is 0 Å². The van der Waals surface area contributed by atoms with E-state index in [1.165, 1.54) is 36.8 Å². The molecule has 3 nitrogen and oxygen atoms in total. The summed E-state index contributed by atoms with van der Waals surface area (Å²) in [6.45, 7) is 7.41. The second kappa shape index (κ2) is 7.39. The van der Waals surface area contributed by atoms with Gasteiger partial charge in [0.2, 0.25) is 0 Å². The third-order valence-electron chi connectivity index (χ3n) is 4.60. The Hall–Kier alpha value is -0.900. The highest BCUT2D eigenvalue weighted by Gasteiger charge is 2.21. The highest BCUT2D eigenvalue weighted by atomic mass is 16.5. The number of rotatable bonds is 8. The van der Waals surface area contributed by atoms with Gasteiger partial charge in [-0.2, -0.15) is 0 Å². The molecule has 1 aliphatic carbocycles. The van der Waals surface area contributed by atoms with Gasteiger partial charge in [0, 0.05) is 32.3 Å². The first-order chi connectivity index (χ1) is 10.3. The molecule has 1 heterocycles. The van der Waals surface area contributed by atoms with E-state index in [0.717, 1.165) is 38.8 Å². The largest absolute Gasteiger partial charge is 0.377 e. The van der Waals surface area contributed by atoms with Crippen LogP contribution in [0.4, 0.5) is 0 Å². The lowest BCUT2D eigenvalue weighted by molar-refractivity contribution is 0.0724. The van der Waals surface area contributed by atoms with Crippen molar-refractivity contribution in [3.63, 3.8) is 0 Å². The maximum atomic E-state index is 5.79. The molecule has 0 bridgehead atoms. The average Bonchev–Trinajstić information content (AvgIpc) is 3.21. The minimum Gasteiger partial charge on any atom is -0.377 e. The zero-order chi connectivity index (χ0) is 14.5. The molecule has 1 saturated heterocycles. The van der Waals surface area contributed by atoms with Crippen molar-refractivity contribution >= 4 is 0 Å². The molecule has 3 heteroatoms. The average molecular weight is 288 g/mol. The van der Waals surface area contributed by atoms with Crippen LogP contribution in [0, 0.1) is 0 Å². The smallest absolute Gasteiger partial charge is 0.0702 e. The minimum absolute atomic E-state index is 0.446. The third-order valence-corrected chi connectivity index (χ3v) is 4.60. The second-order valence-corrected chi connectivity index (χ2v) is 6.39. The van der Waals surface area contributed by atoms with Crippen LogP contribution in [0.2, 0.25) is 0 Å². The predicted molar refractivity (Wildman–Crippen MR) is 86.2 cm³/mol. The fourth-order valence-electron chi connectivity index (χ4n) is 3.05. The molecule has 1 aromatic rings. The van der Waals surface area contributed by atoms with Crippen LogP contribution in [-0.2, 0) is 17.8 Å². The molecule has 21 heavy (non-hydrogen) atoms. The van der Waals surface area contributed by atoms with Crippen LogP contribution in [0.1, 0.15) is 43.7 Å². The van der Waals surface area contributed by atoms with Crippen LogP contribution in [0.3, 0.4) is 0 Å². The number of likely N-dealkylation sites (N-methyl/N-ethyl adjacent to an activating group) is 1. The zero-order valence-corrected chi connectivity index (χ0v) is 13.2.